The molecule has 0 saturated heterocycles. The fraction of sp³-hybridized carbons (Fsp3) is 0.250. The first-order chi connectivity index (χ1) is 11.2. The standard InChI is InChI=1S/C16H15N3O5/c1-9-15(18-14(21)7-6-13(20)17-18)11-8-10(19(22)23)4-5-12(11)24-16(9,2)3/h4-8H,1-3H3,(H,17,20). The Balaban J connectivity index is 2.39. The second-order valence-corrected chi connectivity index (χ2v) is 6.01. The summed E-state index contributed by atoms with van der Waals surface area (Å²) in [6.45, 7) is 5.40. The van der Waals surface area contributed by atoms with Gasteiger partial charge in [-0.25, -0.2) is 4.68 Å². The number of hydrogen-bond acceptors (Lipinski definition) is 5. The van der Waals surface area contributed by atoms with Crippen molar-refractivity contribution in [3.8, 4) is 5.75 Å². The molecule has 0 radical (unpaired) electrons. The minimum absolute atomic E-state index is 0.131. The molecule has 1 aliphatic heterocycles. The van der Waals surface area contributed by atoms with Crippen LogP contribution in [0.25, 0.3) is 5.70 Å². The van der Waals surface area contributed by atoms with E-state index in [1.807, 2.05) is 13.8 Å². The van der Waals surface area contributed by atoms with Crippen molar-refractivity contribution in [2.75, 3.05) is 0 Å². The number of benzene rings is 1. The highest BCUT2D eigenvalue weighted by molar-refractivity contribution is 5.77. The Kier molecular flexibility index (Phi) is 3.40. The third kappa shape index (κ3) is 2.41. The molecule has 1 N–H and O–H groups in total. The molecule has 1 aromatic heterocycles. The van der Waals surface area contributed by atoms with Gasteiger partial charge in [0.15, 0.2) is 0 Å². The van der Waals surface area contributed by atoms with Gasteiger partial charge in [0, 0.05) is 29.8 Å². The molecule has 0 unspecified atom stereocenters. The normalized spacial score (nSPS) is 15.6. The molecule has 2 heterocycles. The van der Waals surface area contributed by atoms with Crippen LogP contribution in [0, 0.1) is 10.1 Å². The highest BCUT2D eigenvalue weighted by atomic mass is 16.6. The number of ether oxygens (including phenoxy) is 1. The van der Waals surface area contributed by atoms with Crippen molar-refractivity contribution < 1.29 is 9.66 Å². The van der Waals surface area contributed by atoms with Crippen molar-refractivity contribution in [3.63, 3.8) is 0 Å². The number of nitro benzene ring substituents is 1. The zero-order valence-electron chi connectivity index (χ0n) is 13.3. The van der Waals surface area contributed by atoms with Crippen LogP contribution in [0.3, 0.4) is 0 Å². The summed E-state index contributed by atoms with van der Waals surface area (Å²) in [5, 5.41) is 13.6. The van der Waals surface area contributed by atoms with E-state index >= 15 is 0 Å². The van der Waals surface area contributed by atoms with Crippen molar-refractivity contribution in [1.82, 2.24) is 9.78 Å². The largest absolute Gasteiger partial charge is 0.483 e. The fourth-order valence-corrected chi connectivity index (χ4v) is 2.62. The number of nitrogens with zero attached hydrogens (tertiary/aromatic N) is 2. The van der Waals surface area contributed by atoms with Crippen LogP contribution in [0.15, 0.2) is 45.5 Å². The molecule has 0 saturated carbocycles. The van der Waals surface area contributed by atoms with E-state index in [-0.39, 0.29) is 5.69 Å². The molecular formula is C16H15N3O5. The van der Waals surface area contributed by atoms with Crippen LogP contribution in [0.1, 0.15) is 26.3 Å². The molecule has 3 rings (SSSR count). The number of nitro groups is 1. The lowest BCUT2D eigenvalue weighted by Crippen LogP contribution is -2.38. The van der Waals surface area contributed by atoms with Crippen molar-refractivity contribution in [2.45, 2.75) is 26.4 Å². The van der Waals surface area contributed by atoms with Gasteiger partial charge in [-0.2, -0.15) is 0 Å². The maximum atomic E-state index is 12.2. The molecule has 0 atom stereocenters. The maximum Gasteiger partial charge on any atom is 0.270 e. The summed E-state index contributed by atoms with van der Waals surface area (Å²) in [6, 6.07) is 6.45. The fourth-order valence-electron chi connectivity index (χ4n) is 2.62. The van der Waals surface area contributed by atoms with Gasteiger partial charge in [0.1, 0.15) is 11.4 Å². The zero-order chi connectivity index (χ0) is 17.6. The Labute approximate surface area is 136 Å². The number of fused-ring (bicyclic) bond motifs is 1. The first kappa shape index (κ1) is 15.7. The van der Waals surface area contributed by atoms with E-state index in [0.717, 1.165) is 16.8 Å². The van der Waals surface area contributed by atoms with Crippen LogP contribution < -0.4 is 15.9 Å². The van der Waals surface area contributed by atoms with Crippen LogP contribution in [0.2, 0.25) is 0 Å². The molecule has 0 bridgehead atoms. The minimum Gasteiger partial charge on any atom is -0.483 e. The Morgan fingerprint density at radius 1 is 1.21 bits per heavy atom. The number of non-ortho nitro benzene ring substituents is 1. The van der Waals surface area contributed by atoms with Gasteiger partial charge in [-0.1, -0.05) is 0 Å². The third-order valence-corrected chi connectivity index (χ3v) is 4.10. The Morgan fingerprint density at radius 3 is 2.58 bits per heavy atom. The summed E-state index contributed by atoms with van der Waals surface area (Å²) in [5.74, 6) is 0.405. The first-order valence-corrected chi connectivity index (χ1v) is 7.22. The number of H-pyrrole nitrogens is 1. The number of aromatic nitrogens is 2. The van der Waals surface area contributed by atoms with E-state index in [0.29, 0.717) is 22.6 Å². The van der Waals surface area contributed by atoms with Gasteiger partial charge in [0.25, 0.3) is 16.8 Å². The Hall–Kier alpha value is -3.16. The second kappa shape index (κ2) is 5.19. The predicted molar refractivity (Wildman–Crippen MR) is 87.1 cm³/mol. The van der Waals surface area contributed by atoms with Crippen molar-refractivity contribution >= 4 is 11.4 Å². The number of rotatable bonds is 2. The molecule has 0 aliphatic carbocycles. The SMILES string of the molecule is CC1=C(n2[nH]c(=O)ccc2=O)c2cc([N+](=O)[O-])ccc2OC1(C)C. The van der Waals surface area contributed by atoms with Gasteiger partial charge in [0.05, 0.1) is 10.6 Å². The van der Waals surface area contributed by atoms with E-state index in [4.69, 9.17) is 4.74 Å². The van der Waals surface area contributed by atoms with Gasteiger partial charge in [-0.15, -0.1) is 0 Å². The van der Waals surface area contributed by atoms with E-state index in [2.05, 4.69) is 5.10 Å². The second-order valence-electron chi connectivity index (χ2n) is 6.01. The summed E-state index contributed by atoms with van der Waals surface area (Å²) in [6.07, 6.45) is 0. The molecule has 124 valence electrons. The summed E-state index contributed by atoms with van der Waals surface area (Å²) in [5.41, 5.74) is -0.346. The lowest BCUT2D eigenvalue weighted by molar-refractivity contribution is -0.384. The molecule has 0 fully saturated rings. The van der Waals surface area contributed by atoms with Crippen LogP contribution in [-0.4, -0.2) is 20.3 Å². The van der Waals surface area contributed by atoms with Gasteiger partial charge in [0.2, 0.25) is 0 Å². The average molecular weight is 329 g/mol. The summed E-state index contributed by atoms with van der Waals surface area (Å²) in [7, 11) is 0. The van der Waals surface area contributed by atoms with Crippen molar-refractivity contribution in [1.29, 1.82) is 0 Å². The first-order valence-electron chi connectivity index (χ1n) is 7.22. The van der Waals surface area contributed by atoms with E-state index in [1.54, 1.807) is 6.92 Å². The molecule has 1 aliphatic rings. The van der Waals surface area contributed by atoms with Crippen LogP contribution >= 0.6 is 0 Å². The smallest absolute Gasteiger partial charge is 0.270 e. The molecule has 8 heteroatoms. The van der Waals surface area contributed by atoms with Crippen LogP contribution in [-0.2, 0) is 0 Å². The van der Waals surface area contributed by atoms with E-state index < -0.39 is 21.6 Å². The predicted octanol–water partition coefficient (Wildman–Crippen LogP) is 1.90. The average Bonchev–Trinajstić information content (AvgIpc) is 2.50. The van der Waals surface area contributed by atoms with Gasteiger partial charge < -0.3 is 4.74 Å². The highest BCUT2D eigenvalue weighted by Gasteiger charge is 2.34. The summed E-state index contributed by atoms with van der Waals surface area (Å²) >= 11 is 0. The summed E-state index contributed by atoms with van der Waals surface area (Å²) in [4.78, 5) is 34.5. The Morgan fingerprint density at radius 2 is 1.92 bits per heavy atom. The number of nitrogens with one attached hydrogen (secondary N) is 1. The molecule has 24 heavy (non-hydrogen) atoms. The van der Waals surface area contributed by atoms with Crippen LogP contribution in [0.4, 0.5) is 5.69 Å². The molecular weight excluding hydrogens is 314 g/mol. The molecule has 1 aromatic carbocycles. The lowest BCUT2D eigenvalue weighted by Gasteiger charge is -2.35. The minimum atomic E-state index is -0.745. The van der Waals surface area contributed by atoms with Crippen molar-refractivity contribution in [2.24, 2.45) is 0 Å². The van der Waals surface area contributed by atoms with Crippen molar-refractivity contribution in [3.05, 3.63) is 72.3 Å². The lowest BCUT2D eigenvalue weighted by atomic mass is 9.90. The topological polar surface area (TPSA) is 107 Å². The van der Waals surface area contributed by atoms with E-state index in [1.165, 1.54) is 18.2 Å². The summed E-state index contributed by atoms with van der Waals surface area (Å²) < 4.78 is 7.00. The molecule has 2 aromatic rings. The maximum absolute atomic E-state index is 12.2. The number of aromatic amines is 1. The molecule has 8 nitrogen and oxygen atoms in total. The van der Waals surface area contributed by atoms with Gasteiger partial charge in [-0.3, -0.25) is 24.8 Å². The van der Waals surface area contributed by atoms with E-state index in [9.17, 15) is 19.7 Å². The molecule has 0 spiro atoms. The quantitative estimate of drug-likeness (QED) is 0.669. The number of hydrogen-bond donors (Lipinski definition) is 1. The Bertz CT molecular complexity index is 997. The highest BCUT2D eigenvalue weighted by Crippen LogP contribution is 2.41. The van der Waals surface area contributed by atoms with Gasteiger partial charge >= 0.3 is 0 Å². The monoisotopic (exact) mass is 329 g/mol. The third-order valence-electron chi connectivity index (χ3n) is 4.10. The zero-order valence-corrected chi connectivity index (χ0v) is 13.3. The van der Waals surface area contributed by atoms with Gasteiger partial charge in [-0.05, 0) is 32.4 Å². The van der Waals surface area contributed by atoms with Crippen LogP contribution in [0.5, 0.6) is 5.75 Å². The molecule has 0 amide bonds.